The fraction of sp³-hybridized carbons (Fsp3) is 0.308. The van der Waals surface area contributed by atoms with Gasteiger partial charge in [0.2, 0.25) is 5.88 Å². The third-order valence-electron chi connectivity index (χ3n) is 6.12. The van der Waals surface area contributed by atoms with Crippen molar-refractivity contribution in [3.63, 3.8) is 0 Å². The quantitative estimate of drug-likeness (QED) is 0.344. The molecule has 5 rings (SSSR count). The number of halogens is 3. The maximum Gasteiger partial charge on any atom is 0.573 e. The first-order valence-electron chi connectivity index (χ1n) is 11.5. The highest BCUT2D eigenvalue weighted by molar-refractivity contribution is 5.64. The van der Waals surface area contributed by atoms with Gasteiger partial charge in [-0.05, 0) is 55.6 Å². The molecule has 0 unspecified atom stereocenters. The van der Waals surface area contributed by atoms with Crippen LogP contribution >= 0.6 is 0 Å². The van der Waals surface area contributed by atoms with Crippen LogP contribution in [0.4, 0.5) is 13.2 Å². The van der Waals surface area contributed by atoms with E-state index in [2.05, 4.69) is 44.0 Å². The number of alkyl halides is 3. The van der Waals surface area contributed by atoms with Gasteiger partial charge in [-0.1, -0.05) is 42.5 Å². The van der Waals surface area contributed by atoms with Gasteiger partial charge in [-0.15, -0.1) is 18.3 Å². The lowest BCUT2D eigenvalue weighted by Gasteiger charge is -2.31. The van der Waals surface area contributed by atoms with Gasteiger partial charge in [-0.25, -0.2) is 9.50 Å². The summed E-state index contributed by atoms with van der Waals surface area (Å²) in [6, 6.07) is 19.8. The van der Waals surface area contributed by atoms with Gasteiger partial charge < -0.3 is 9.47 Å². The Labute approximate surface area is 200 Å². The lowest BCUT2D eigenvalue weighted by atomic mass is 9.97. The third-order valence-corrected chi connectivity index (χ3v) is 6.12. The largest absolute Gasteiger partial charge is 0.573 e. The number of piperidine rings is 1. The molecule has 2 aromatic heterocycles. The van der Waals surface area contributed by atoms with E-state index in [9.17, 15) is 13.2 Å². The van der Waals surface area contributed by atoms with Crippen LogP contribution in [-0.4, -0.2) is 45.6 Å². The molecule has 1 saturated heterocycles. The van der Waals surface area contributed by atoms with Gasteiger partial charge in [-0.3, -0.25) is 4.90 Å². The number of ether oxygens (including phenoxy) is 2. The normalized spacial score (nSPS) is 15.4. The van der Waals surface area contributed by atoms with E-state index in [1.54, 1.807) is 28.9 Å². The number of fused-ring (bicyclic) bond motifs is 1. The molecule has 0 amide bonds. The smallest absolute Gasteiger partial charge is 0.476 e. The fourth-order valence-corrected chi connectivity index (χ4v) is 4.34. The van der Waals surface area contributed by atoms with Gasteiger partial charge in [0.1, 0.15) is 5.75 Å². The van der Waals surface area contributed by atoms with Gasteiger partial charge in [-0.2, -0.15) is 0 Å². The number of benzene rings is 2. The number of hydrogen-bond acceptors (Lipinski definition) is 5. The van der Waals surface area contributed by atoms with Gasteiger partial charge in [0.15, 0.2) is 5.65 Å². The average Bonchev–Trinajstić information content (AvgIpc) is 3.27. The topological polar surface area (TPSA) is 51.9 Å². The Morgan fingerprint density at radius 3 is 2.51 bits per heavy atom. The van der Waals surface area contributed by atoms with Crippen LogP contribution in [0, 0.1) is 5.92 Å². The molecule has 2 aromatic carbocycles. The zero-order valence-corrected chi connectivity index (χ0v) is 19.0. The second-order valence-electron chi connectivity index (χ2n) is 8.68. The first-order chi connectivity index (χ1) is 16.9. The SMILES string of the molecule is FC(F)(F)Oc1cccc(-c2cnc3ccc(OCC4CCN(Cc5ccccc5)CC4)nn23)c1. The number of rotatable bonds is 7. The Morgan fingerprint density at radius 1 is 0.943 bits per heavy atom. The van der Waals surface area contributed by atoms with Crippen LogP contribution in [0.25, 0.3) is 16.9 Å². The van der Waals surface area contributed by atoms with Gasteiger partial charge in [0.05, 0.1) is 18.5 Å². The van der Waals surface area contributed by atoms with Crippen molar-refractivity contribution in [2.24, 2.45) is 5.92 Å². The third kappa shape index (κ3) is 5.92. The minimum absolute atomic E-state index is 0.295. The van der Waals surface area contributed by atoms with Crippen LogP contribution < -0.4 is 9.47 Å². The molecule has 0 spiro atoms. The van der Waals surface area contributed by atoms with Crippen molar-refractivity contribution in [2.45, 2.75) is 25.7 Å². The van der Waals surface area contributed by atoms with Crippen LogP contribution in [0.2, 0.25) is 0 Å². The predicted octanol–water partition coefficient (Wildman–Crippen LogP) is 5.59. The van der Waals surface area contributed by atoms with Gasteiger partial charge in [0, 0.05) is 18.2 Å². The van der Waals surface area contributed by atoms with Crippen molar-refractivity contribution in [3.8, 4) is 22.9 Å². The van der Waals surface area contributed by atoms with Crippen molar-refractivity contribution in [1.82, 2.24) is 19.5 Å². The Kier molecular flexibility index (Phi) is 6.59. The summed E-state index contributed by atoms with van der Waals surface area (Å²) in [5.41, 5.74) is 2.96. The van der Waals surface area contributed by atoms with Crippen LogP contribution in [0.3, 0.4) is 0 Å². The molecule has 0 N–H and O–H groups in total. The van der Waals surface area contributed by atoms with Crippen molar-refractivity contribution in [1.29, 1.82) is 0 Å². The zero-order valence-electron chi connectivity index (χ0n) is 19.0. The monoisotopic (exact) mass is 482 g/mol. The summed E-state index contributed by atoms with van der Waals surface area (Å²) >= 11 is 0. The lowest BCUT2D eigenvalue weighted by Crippen LogP contribution is -2.35. The van der Waals surface area contributed by atoms with Crippen molar-refractivity contribution >= 4 is 5.65 Å². The maximum absolute atomic E-state index is 12.6. The highest BCUT2D eigenvalue weighted by Crippen LogP contribution is 2.29. The molecule has 3 heterocycles. The van der Waals surface area contributed by atoms with Crippen LogP contribution in [0.1, 0.15) is 18.4 Å². The fourth-order valence-electron chi connectivity index (χ4n) is 4.34. The lowest BCUT2D eigenvalue weighted by molar-refractivity contribution is -0.274. The molecule has 0 atom stereocenters. The van der Waals surface area contributed by atoms with Crippen molar-refractivity contribution in [2.75, 3.05) is 19.7 Å². The van der Waals surface area contributed by atoms with Crippen LogP contribution in [0.15, 0.2) is 72.9 Å². The van der Waals surface area contributed by atoms with Gasteiger partial charge >= 0.3 is 6.36 Å². The number of nitrogens with zero attached hydrogens (tertiary/aromatic N) is 4. The average molecular weight is 483 g/mol. The van der Waals surface area contributed by atoms with Crippen LogP contribution in [0.5, 0.6) is 11.6 Å². The summed E-state index contributed by atoms with van der Waals surface area (Å²) in [6.45, 7) is 3.58. The highest BCUT2D eigenvalue weighted by atomic mass is 19.4. The second kappa shape index (κ2) is 9.95. The molecule has 0 aliphatic carbocycles. The Bertz CT molecular complexity index is 1270. The molecule has 182 valence electrons. The molecule has 0 saturated carbocycles. The number of hydrogen-bond donors (Lipinski definition) is 0. The van der Waals surface area contributed by atoms with E-state index in [4.69, 9.17) is 4.74 Å². The van der Waals surface area contributed by atoms with Crippen molar-refractivity contribution in [3.05, 3.63) is 78.5 Å². The second-order valence-corrected chi connectivity index (χ2v) is 8.68. The Morgan fingerprint density at radius 2 is 1.74 bits per heavy atom. The minimum Gasteiger partial charge on any atom is -0.476 e. The summed E-state index contributed by atoms with van der Waals surface area (Å²) in [4.78, 5) is 6.77. The Balaban J connectivity index is 1.22. The number of likely N-dealkylation sites (tertiary alicyclic amines) is 1. The summed E-state index contributed by atoms with van der Waals surface area (Å²) < 4.78 is 49.4. The first kappa shape index (κ1) is 23.2. The zero-order chi connectivity index (χ0) is 24.3. The molecule has 4 aromatic rings. The molecular formula is C26H25F3N4O2. The molecule has 35 heavy (non-hydrogen) atoms. The molecular weight excluding hydrogens is 457 g/mol. The van der Waals surface area contributed by atoms with E-state index in [-0.39, 0.29) is 5.75 Å². The number of aromatic nitrogens is 3. The van der Waals surface area contributed by atoms with Crippen LogP contribution in [-0.2, 0) is 6.54 Å². The van der Waals surface area contributed by atoms with E-state index < -0.39 is 6.36 Å². The van der Waals surface area contributed by atoms with E-state index in [0.717, 1.165) is 32.5 Å². The Hall–Kier alpha value is -3.59. The molecule has 0 bridgehead atoms. The first-order valence-corrected chi connectivity index (χ1v) is 11.5. The van der Waals surface area contributed by atoms with Gasteiger partial charge in [0.25, 0.3) is 0 Å². The molecule has 0 radical (unpaired) electrons. The molecule has 6 nitrogen and oxygen atoms in total. The van der Waals surface area contributed by atoms with E-state index in [1.165, 1.54) is 23.8 Å². The van der Waals surface area contributed by atoms with Crippen molar-refractivity contribution < 1.29 is 22.6 Å². The van der Waals surface area contributed by atoms with E-state index >= 15 is 0 Å². The number of imidazole rings is 1. The van der Waals surface area contributed by atoms with E-state index in [0.29, 0.717) is 35.3 Å². The molecule has 1 aliphatic rings. The molecule has 9 heteroatoms. The minimum atomic E-state index is -4.75. The summed E-state index contributed by atoms with van der Waals surface area (Å²) in [6.07, 6.45) is -1.08. The predicted molar refractivity (Wildman–Crippen MR) is 125 cm³/mol. The molecule has 1 aliphatic heterocycles. The summed E-state index contributed by atoms with van der Waals surface area (Å²) in [5, 5.41) is 4.53. The standard InChI is InChI=1S/C26H25F3N4O2/c27-26(28,29)35-22-8-4-7-21(15-22)23-16-30-24-9-10-25(31-33(23)24)34-18-20-11-13-32(14-12-20)17-19-5-2-1-3-6-19/h1-10,15-16,20H,11-14,17-18H2. The van der Waals surface area contributed by atoms with E-state index in [1.807, 2.05) is 6.07 Å². The summed E-state index contributed by atoms with van der Waals surface area (Å²) in [7, 11) is 0. The molecule has 1 fully saturated rings. The highest BCUT2D eigenvalue weighted by Gasteiger charge is 2.31. The summed E-state index contributed by atoms with van der Waals surface area (Å²) in [5.74, 6) is 0.597. The maximum atomic E-state index is 12.6.